The summed E-state index contributed by atoms with van der Waals surface area (Å²) in [5, 5.41) is 7.49. The van der Waals surface area contributed by atoms with Crippen LogP contribution < -0.4 is 15.4 Å². The second kappa shape index (κ2) is 7.42. The van der Waals surface area contributed by atoms with Gasteiger partial charge in [-0.2, -0.15) is 0 Å². The molecule has 2 aromatic rings. The maximum atomic E-state index is 5.81. The van der Waals surface area contributed by atoms with E-state index < -0.39 is 0 Å². The molecule has 3 heterocycles. The van der Waals surface area contributed by atoms with Gasteiger partial charge in [-0.25, -0.2) is 0 Å². The number of rotatable bonds is 4. The zero-order chi connectivity index (χ0) is 17.1. The van der Waals surface area contributed by atoms with Crippen molar-refractivity contribution in [3.05, 3.63) is 54.6 Å². The molecule has 4 nitrogen and oxygen atoms in total. The summed E-state index contributed by atoms with van der Waals surface area (Å²) >= 11 is 5.50. The van der Waals surface area contributed by atoms with Crippen LogP contribution in [0.15, 0.2) is 54.6 Å². The molecular formula is C20H23N3OS. The molecule has 3 fully saturated rings. The third kappa shape index (κ3) is 4.11. The zero-order valence-corrected chi connectivity index (χ0v) is 15.0. The highest BCUT2D eigenvalue weighted by atomic mass is 32.1. The van der Waals surface area contributed by atoms with Crippen molar-refractivity contribution in [3.8, 4) is 11.5 Å². The van der Waals surface area contributed by atoms with Gasteiger partial charge in [-0.05, 0) is 80.5 Å². The van der Waals surface area contributed by atoms with Crippen molar-refractivity contribution in [3.63, 3.8) is 0 Å². The number of fused-ring (bicyclic) bond motifs is 3. The molecule has 5 heteroatoms. The minimum Gasteiger partial charge on any atom is -0.457 e. The van der Waals surface area contributed by atoms with E-state index >= 15 is 0 Å². The Kier molecular flexibility index (Phi) is 4.85. The SMILES string of the molecule is S=C(Nc1ccc(Oc2ccccc2)cc1)NC1CN2CCC1CC2. The van der Waals surface area contributed by atoms with Gasteiger partial charge < -0.3 is 20.3 Å². The molecule has 0 radical (unpaired) electrons. The van der Waals surface area contributed by atoms with Crippen molar-refractivity contribution in [2.24, 2.45) is 5.92 Å². The molecule has 1 unspecified atom stereocenters. The highest BCUT2D eigenvalue weighted by Crippen LogP contribution is 2.27. The standard InChI is InChI=1S/C20H23N3OS/c25-20(22-19-14-23-12-10-15(19)11-13-23)21-16-6-8-18(9-7-16)24-17-4-2-1-3-5-17/h1-9,15,19H,10-14H2,(H2,21,22,25). The van der Waals surface area contributed by atoms with Crippen LogP contribution >= 0.6 is 12.2 Å². The quantitative estimate of drug-likeness (QED) is 0.817. The number of ether oxygens (including phenoxy) is 1. The topological polar surface area (TPSA) is 36.5 Å². The first-order chi connectivity index (χ1) is 12.3. The van der Waals surface area contributed by atoms with Crippen LogP contribution in [-0.4, -0.2) is 35.7 Å². The van der Waals surface area contributed by atoms with Crippen molar-refractivity contribution < 1.29 is 4.74 Å². The van der Waals surface area contributed by atoms with Crippen molar-refractivity contribution in [2.75, 3.05) is 25.0 Å². The molecule has 2 bridgehead atoms. The average molecular weight is 353 g/mol. The van der Waals surface area contributed by atoms with E-state index in [0.717, 1.165) is 29.6 Å². The predicted molar refractivity (Wildman–Crippen MR) is 105 cm³/mol. The molecule has 3 aliphatic rings. The van der Waals surface area contributed by atoms with Crippen molar-refractivity contribution in [2.45, 2.75) is 18.9 Å². The molecule has 0 spiro atoms. The Morgan fingerprint density at radius 2 is 1.64 bits per heavy atom. The molecule has 1 atom stereocenters. The minimum absolute atomic E-state index is 0.475. The molecule has 2 aromatic carbocycles. The van der Waals surface area contributed by atoms with E-state index in [0.29, 0.717) is 11.2 Å². The van der Waals surface area contributed by atoms with Crippen LogP contribution in [0.25, 0.3) is 0 Å². The summed E-state index contributed by atoms with van der Waals surface area (Å²) in [4.78, 5) is 2.52. The Hall–Kier alpha value is -2.11. The van der Waals surface area contributed by atoms with Gasteiger partial charge in [-0.3, -0.25) is 0 Å². The lowest BCUT2D eigenvalue weighted by Gasteiger charge is -2.45. The Morgan fingerprint density at radius 3 is 2.28 bits per heavy atom. The summed E-state index contributed by atoms with van der Waals surface area (Å²) in [6.45, 7) is 3.59. The van der Waals surface area contributed by atoms with Crippen LogP contribution in [0.3, 0.4) is 0 Å². The second-order valence-electron chi connectivity index (χ2n) is 6.78. The number of hydrogen-bond donors (Lipinski definition) is 2. The molecule has 130 valence electrons. The van der Waals surface area contributed by atoms with Crippen LogP contribution in [0.4, 0.5) is 5.69 Å². The number of nitrogens with one attached hydrogen (secondary N) is 2. The molecule has 3 saturated heterocycles. The Labute approximate surface area is 154 Å². The van der Waals surface area contributed by atoms with E-state index in [1.54, 1.807) is 0 Å². The first kappa shape index (κ1) is 16.4. The van der Waals surface area contributed by atoms with Gasteiger partial charge in [0.1, 0.15) is 11.5 Å². The summed E-state index contributed by atoms with van der Waals surface area (Å²) in [5.74, 6) is 2.40. The van der Waals surface area contributed by atoms with Crippen LogP contribution in [0.2, 0.25) is 0 Å². The number of para-hydroxylation sites is 1. The smallest absolute Gasteiger partial charge is 0.171 e. The molecule has 0 amide bonds. The molecule has 25 heavy (non-hydrogen) atoms. The monoisotopic (exact) mass is 353 g/mol. The minimum atomic E-state index is 0.475. The van der Waals surface area contributed by atoms with Crippen molar-refractivity contribution in [1.82, 2.24) is 10.2 Å². The fraction of sp³-hybridized carbons (Fsp3) is 0.350. The van der Waals surface area contributed by atoms with Gasteiger partial charge in [0.15, 0.2) is 5.11 Å². The lowest BCUT2D eigenvalue weighted by Crippen LogP contribution is -2.57. The van der Waals surface area contributed by atoms with E-state index in [1.807, 2.05) is 54.6 Å². The summed E-state index contributed by atoms with van der Waals surface area (Å²) in [7, 11) is 0. The fourth-order valence-corrected chi connectivity index (χ4v) is 3.96. The van der Waals surface area contributed by atoms with Gasteiger partial charge >= 0.3 is 0 Å². The Bertz CT molecular complexity index is 711. The van der Waals surface area contributed by atoms with Crippen LogP contribution in [0.1, 0.15) is 12.8 Å². The van der Waals surface area contributed by atoms with Gasteiger partial charge in [0, 0.05) is 18.3 Å². The van der Waals surface area contributed by atoms with Gasteiger partial charge in [-0.15, -0.1) is 0 Å². The molecule has 0 aliphatic carbocycles. The fourth-order valence-electron chi connectivity index (χ4n) is 3.70. The van der Waals surface area contributed by atoms with E-state index in [1.165, 1.54) is 25.9 Å². The molecule has 3 aliphatic heterocycles. The normalized spacial score (nSPS) is 24.6. The lowest BCUT2D eigenvalue weighted by molar-refractivity contribution is 0.0815. The van der Waals surface area contributed by atoms with E-state index in [4.69, 9.17) is 17.0 Å². The van der Waals surface area contributed by atoms with Gasteiger partial charge in [0.25, 0.3) is 0 Å². The summed E-state index contributed by atoms with van der Waals surface area (Å²) in [5.41, 5.74) is 0.971. The van der Waals surface area contributed by atoms with Crippen LogP contribution in [-0.2, 0) is 0 Å². The first-order valence-electron chi connectivity index (χ1n) is 8.89. The van der Waals surface area contributed by atoms with E-state index in [-0.39, 0.29) is 0 Å². The maximum Gasteiger partial charge on any atom is 0.171 e. The highest BCUT2D eigenvalue weighted by Gasteiger charge is 2.34. The van der Waals surface area contributed by atoms with Gasteiger partial charge in [-0.1, -0.05) is 18.2 Å². The zero-order valence-electron chi connectivity index (χ0n) is 14.2. The number of piperidine rings is 3. The average Bonchev–Trinajstić information content (AvgIpc) is 2.65. The summed E-state index contributed by atoms with van der Waals surface area (Å²) in [6, 6.07) is 18.1. The molecule has 2 N–H and O–H groups in total. The van der Waals surface area contributed by atoms with Gasteiger partial charge in [0.2, 0.25) is 0 Å². The number of hydrogen-bond acceptors (Lipinski definition) is 3. The summed E-state index contributed by atoms with van der Waals surface area (Å²) in [6.07, 6.45) is 2.57. The molecule has 0 aromatic heterocycles. The largest absolute Gasteiger partial charge is 0.457 e. The number of thiocarbonyl (C=S) groups is 1. The van der Waals surface area contributed by atoms with Gasteiger partial charge in [0.05, 0.1) is 0 Å². The summed E-state index contributed by atoms with van der Waals surface area (Å²) < 4.78 is 5.81. The molecule has 5 rings (SSSR count). The highest BCUT2D eigenvalue weighted by molar-refractivity contribution is 7.80. The number of benzene rings is 2. The Balaban J connectivity index is 1.31. The van der Waals surface area contributed by atoms with Crippen LogP contribution in [0, 0.1) is 5.92 Å². The number of anilines is 1. The lowest BCUT2D eigenvalue weighted by atomic mass is 9.84. The third-order valence-electron chi connectivity index (χ3n) is 5.06. The Morgan fingerprint density at radius 1 is 0.960 bits per heavy atom. The maximum absolute atomic E-state index is 5.81. The first-order valence-corrected chi connectivity index (χ1v) is 9.30. The van der Waals surface area contributed by atoms with Crippen molar-refractivity contribution >= 4 is 23.0 Å². The second-order valence-corrected chi connectivity index (χ2v) is 7.19. The van der Waals surface area contributed by atoms with E-state index in [2.05, 4.69) is 15.5 Å². The molecule has 0 saturated carbocycles. The van der Waals surface area contributed by atoms with Crippen LogP contribution in [0.5, 0.6) is 11.5 Å². The third-order valence-corrected chi connectivity index (χ3v) is 5.28. The predicted octanol–water partition coefficient (Wildman–Crippen LogP) is 3.86. The van der Waals surface area contributed by atoms with Crippen molar-refractivity contribution in [1.29, 1.82) is 0 Å². The molecular weight excluding hydrogens is 330 g/mol. The van der Waals surface area contributed by atoms with E-state index in [9.17, 15) is 0 Å². The number of nitrogens with zero attached hydrogens (tertiary/aromatic N) is 1.